The zero-order chi connectivity index (χ0) is 24.4. The maximum atomic E-state index is 13.2. The van der Waals surface area contributed by atoms with Crippen LogP contribution in [-0.2, 0) is 4.84 Å². The van der Waals surface area contributed by atoms with Crippen LogP contribution in [0.25, 0.3) is 0 Å². The quantitative estimate of drug-likeness (QED) is 0.168. The van der Waals surface area contributed by atoms with Crippen molar-refractivity contribution in [1.29, 1.82) is 0 Å². The van der Waals surface area contributed by atoms with Crippen molar-refractivity contribution in [3.05, 3.63) is 64.7 Å². The van der Waals surface area contributed by atoms with E-state index in [1.54, 1.807) is 13.0 Å². The number of alkyl halides is 3. The van der Waals surface area contributed by atoms with Gasteiger partial charge in [0.2, 0.25) is 0 Å². The number of rotatable bonds is 11. The second-order valence-electron chi connectivity index (χ2n) is 7.41. The van der Waals surface area contributed by atoms with Crippen LogP contribution in [0, 0.1) is 20.8 Å². The van der Waals surface area contributed by atoms with Gasteiger partial charge in [0.25, 0.3) is 0 Å². The SMILES string of the molecule is C/C=C/COc1cc(C)c(OCCCOc2ccc(/C(=N/OC)C(F)(F)F)c(C)c2)c(C)c1. The number of benzene rings is 2. The van der Waals surface area contributed by atoms with E-state index in [9.17, 15) is 13.2 Å². The number of allylic oxidation sites excluding steroid dienone is 1. The fraction of sp³-hybridized carbons (Fsp3) is 0.400. The summed E-state index contributed by atoms with van der Waals surface area (Å²) in [6.45, 7) is 8.76. The molecule has 180 valence electrons. The average molecular weight is 466 g/mol. The highest BCUT2D eigenvalue weighted by molar-refractivity contribution is 6.05. The van der Waals surface area contributed by atoms with Gasteiger partial charge in [0.05, 0.1) is 13.2 Å². The topological polar surface area (TPSA) is 49.3 Å². The molecule has 0 radical (unpaired) electrons. The number of oxime groups is 1. The summed E-state index contributed by atoms with van der Waals surface area (Å²) in [5.41, 5.74) is 1.22. The summed E-state index contributed by atoms with van der Waals surface area (Å²) < 4.78 is 56.8. The minimum atomic E-state index is -4.62. The second kappa shape index (κ2) is 12.2. The summed E-state index contributed by atoms with van der Waals surface area (Å²) in [6.07, 6.45) is -0.136. The largest absolute Gasteiger partial charge is 0.493 e. The zero-order valence-electron chi connectivity index (χ0n) is 19.6. The van der Waals surface area contributed by atoms with Gasteiger partial charge in [0.15, 0.2) is 5.71 Å². The van der Waals surface area contributed by atoms with Crippen molar-refractivity contribution in [2.45, 2.75) is 40.3 Å². The number of halogens is 3. The van der Waals surface area contributed by atoms with Gasteiger partial charge in [0.1, 0.15) is 31.0 Å². The Balaban J connectivity index is 1.89. The van der Waals surface area contributed by atoms with Gasteiger partial charge in [-0.25, -0.2) is 0 Å². The van der Waals surface area contributed by atoms with Crippen molar-refractivity contribution >= 4 is 5.71 Å². The van der Waals surface area contributed by atoms with Gasteiger partial charge in [0, 0.05) is 12.0 Å². The molecule has 0 atom stereocenters. The Bertz CT molecular complexity index is 961. The predicted molar refractivity (Wildman–Crippen MR) is 123 cm³/mol. The van der Waals surface area contributed by atoms with E-state index in [2.05, 4.69) is 9.99 Å². The molecular formula is C25H30F3NO4. The van der Waals surface area contributed by atoms with Gasteiger partial charge < -0.3 is 19.0 Å². The lowest BCUT2D eigenvalue weighted by Crippen LogP contribution is -2.25. The molecule has 0 fully saturated rings. The van der Waals surface area contributed by atoms with Crippen LogP contribution in [0.1, 0.15) is 35.6 Å². The van der Waals surface area contributed by atoms with Crippen molar-refractivity contribution in [3.63, 3.8) is 0 Å². The lowest BCUT2D eigenvalue weighted by molar-refractivity contribution is -0.0608. The first-order valence-corrected chi connectivity index (χ1v) is 10.6. The van der Waals surface area contributed by atoms with Crippen LogP contribution in [0.15, 0.2) is 47.6 Å². The molecule has 0 saturated heterocycles. The van der Waals surface area contributed by atoms with Crippen molar-refractivity contribution in [2.24, 2.45) is 5.16 Å². The third-order valence-corrected chi connectivity index (χ3v) is 4.72. The molecule has 0 aliphatic carbocycles. The van der Waals surface area contributed by atoms with Crippen molar-refractivity contribution in [3.8, 4) is 17.2 Å². The summed E-state index contributed by atoms with van der Waals surface area (Å²) in [7, 11) is 1.08. The molecule has 5 nitrogen and oxygen atoms in total. The van der Waals surface area contributed by atoms with Crippen LogP contribution in [0.3, 0.4) is 0 Å². The number of ether oxygens (including phenoxy) is 3. The van der Waals surface area contributed by atoms with E-state index in [0.29, 0.717) is 37.6 Å². The Labute approximate surface area is 192 Å². The van der Waals surface area contributed by atoms with E-state index < -0.39 is 11.9 Å². The number of aryl methyl sites for hydroxylation is 3. The lowest BCUT2D eigenvalue weighted by Gasteiger charge is -2.15. The Morgan fingerprint density at radius 2 is 1.55 bits per heavy atom. The van der Waals surface area contributed by atoms with Crippen LogP contribution in [0.4, 0.5) is 13.2 Å². The molecule has 0 spiro atoms. The third-order valence-electron chi connectivity index (χ3n) is 4.72. The van der Waals surface area contributed by atoms with Crippen molar-refractivity contribution < 1.29 is 32.2 Å². The Kier molecular flexibility index (Phi) is 9.63. The summed E-state index contributed by atoms with van der Waals surface area (Å²) in [5, 5.41) is 3.13. The minimum absolute atomic E-state index is 0.0517. The smallest absolute Gasteiger partial charge is 0.437 e. The molecule has 0 amide bonds. The van der Waals surface area contributed by atoms with Crippen LogP contribution < -0.4 is 14.2 Å². The Morgan fingerprint density at radius 3 is 2.12 bits per heavy atom. The number of hydrogen-bond donors (Lipinski definition) is 0. The molecule has 0 saturated carbocycles. The van der Waals surface area contributed by atoms with Gasteiger partial charge in [-0.2, -0.15) is 13.2 Å². The first kappa shape index (κ1) is 26.1. The molecule has 33 heavy (non-hydrogen) atoms. The molecule has 0 N–H and O–H groups in total. The number of hydrogen-bond acceptors (Lipinski definition) is 5. The fourth-order valence-electron chi connectivity index (χ4n) is 3.22. The molecule has 0 unspecified atom stereocenters. The van der Waals surface area contributed by atoms with Gasteiger partial charge in [-0.1, -0.05) is 17.3 Å². The maximum Gasteiger partial charge on any atom is 0.437 e. The van der Waals surface area contributed by atoms with Crippen LogP contribution in [0.5, 0.6) is 17.2 Å². The highest BCUT2D eigenvalue weighted by atomic mass is 19.4. The van der Waals surface area contributed by atoms with E-state index in [1.165, 1.54) is 12.1 Å². The lowest BCUT2D eigenvalue weighted by atomic mass is 10.0. The first-order valence-electron chi connectivity index (χ1n) is 10.6. The first-order chi connectivity index (χ1) is 15.7. The van der Waals surface area contributed by atoms with Gasteiger partial charge in [-0.3, -0.25) is 0 Å². The molecule has 8 heteroatoms. The Hall–Kier alpha value is -3.16. The second-order valence-corrected chi connectivity index (χ2v) is 7.41. The van der Waals surface area contributed by atoms with Crippen molar-refractivity contribution in [2.75, 3.05) is 26.9 Å². The van der Waals surface area contributed by atoms with Gasteiger partial charge in [-0.15, -0.1) is 0 Å². The highest BCUT2D eigenvalue weighted by Gasteiger charge is 2.38. The molecule has 0 aliphatic rings. The molecule has 0 bridgehead atoms. The number of nitrogens with zero attached hydrogens (tertiary/aromatic N) is 1. The van der Waals surface area contributed by atoms with E-state index >= 15 is 0 Å². The molecular weight excluding hydrogens is 435 g/mol. The van der Waals surface area contributed by atoms with Gasteiger partial charge >= 0.3 is 6.18 Å². The zero-order valence-corrected chi connectivity index (χ0v) is 19.6. The monoisotopic (exact) mass is 465 g/mol. The molecule has 0 heterocycles. The standard InChI is InChI=1S/C25H30F3NO4/c1-6-7-11-32-21-15-18(3)23(19(4)16-21)33-13-8-12-31-20-9-10-22(17(2)14-20)24(29-30-5)25(26,27)28/h6-7,9-10,14-16H,8,11-13H2,1-5H3/b7-6+,29-24-. The summed E-state index contributed by atoms with van der Waals surface area (Å²) >= 11 is 0. The molecule has 2 rings (SSSR count). The molecule has 0 aromatic heterocycles. The van der Waals surface area contributed by atoms with E-state index in [1.807, 2.05) is 45.1 Å². The minimum Gasteiger partial charge on any atom is -0.493 e. The summed E-state index contributed by atoms with van der Waals surface area (Å²) in [4.78, 5) is 4.36. The van der Waals surface area contributed by atoms with Crippen LogP contribution in [-0.4, -0.2) is 38.8 Å². The Morgan fingerprint density at radius 1 is 0.909 bits per heavy atom. The predicted octanol–water partition coefficient (Wildman–Crippen LogP) is 6.33. The van der Waals surface area contributed by atoms with E-state index in [-0.39, 0.29) is 5.56 Å². The van der Waals surface area contributed by atoms with E-state index in [4.69, 9.17) is 14.2 Å². The van der Waals surface area contributed by atoms with Crippen molar-refractivity contribution in [1.82, 2.24) is 0 Å². The summed E-state index contributed by atoms with van der Waals surface area (Å²) in [6, 6.07) is 8.25. The van der Waals surface area contributed by atoms with Gasteiger partial charge in [-0.05, 0) is 74.7 Å². The average Bonchev–Trinajstić information content (AvgIpc) is 2.73. The maximum absolute atomic E-state index is 13.2. The van der Waals surface area contributed by atoms with Crippen LogP contribution >= 0.6 is 0 Å². The van der Waals surface area contributed by atoms with Crippen LogP contribution in [0.2, 0.25) is 0 Å². The normalized spacial score (nSPS) is 12.2. The fourth-order valence-corrected chi connectivity index (χ4v) is 3.22. The van der Waals surface area contributed by atoms with E-state index in [0.717, 1.165) is 29.7 Å². The third kappa shape index (κ3) is 7.73. The summed E-state index contributed by atoms with van der Waals surface area (Å²) in [5.74, 6) is 2.08. The molecule has 0 aliphatic heterocycles. The molecule has 2 aromatic carbocycles. The molecule has 2 aromatic rings. The highest BCUT2D eigenvalue weighted by Crippen LogP contribution is 2.29.